The molecule has 0 saturated carbocycles. The Kier molecular flexibility index (Phi) is 3.24. The minimum Gasteiger partial charge on any atom is -0.332 e. The number of carbonyl (C=O) groups excluding carboxylic acids is 1. The van der Waals surface area contributed by atoms with Gasteiger partial charge >= 0.3 is 0 Å². The van der Waals surface area contributed by atoms with E-state index in [9.17, 15) is 13.6 Å². The van der Waals surface area contributed by atoms with Crippen molar-refractivity contribution in [3.05, 3.63) is 34.9 Å². The highest BCUT2D eigenvalue weighted by atomic mass is 19.1. The number of hydrogen-bond donors (Lipinski definition) is 1. The van der Waals surface area contributed by atoms with Crippen LogP contribution in [-0.2, 0) is 0 Å². The molecular formula is C15H18F2N2O. The van der Waals surface area contributed by atoms with Crippen LogP contribution in [0.5, 0.6) is 0 Å². The molecule has 2 aliphatic rings. The molecule has 0 spiro atoms. The van der Waals surface area contributed by atoms with E-state index < -0.39 is 11.6 Å². The van der Waals surface area contributed by atoms with E-state index >= 15 is 0 Å². The number of fused-ring (bicyclic) bond motifs is 2. The maximum atomic E-state index is 13.9. The smallest absolute Gasteiger partial charge is 0.257 e. The van der Waals surface area contributed by atoms with Crippen LogP contribution in [0.3, 0.4) is 0 Å². The largest absolute Gasteiger partial charge is 0.332 e. The summed E-state index contributed by atoms with van der Waals surface area (Å²) in [6.07, 6.45) is 3.38. The fourth-order valence-electron chi connectivity index (χ4n) is 3.51. The SMILES string of the molecule is Cc1cc(C(=O)N2C3CCC2CC(N)C3)c(F)cc1F. The van der Waals surface area contributed by atoms with Crippen molar-refractivity contribution in [3.63, 3.8) is 0 Å². The molecule has 2 fully saturated rings. The van der Waals surface area contributed by atoms with E-state index in [2.05, 4.69) is 0 Å². The van der Waals surface area contributed by atoms with Crippen LogP contribution in [0.1, 0.15) is 41.6 Å². The molecule has 1 amide bonds. The van der Waals surface area contributed by atoms with Crippen molar-refractivity contribution in [2.24, 2.45) is 5.73 Å². The number of benzene rings is 1. The monoisotopic (exact) mass is 280 g/mol. The van der Waals surface area contributed by atoms with Gasteiger partial charge in [0.1, 0.15) is 11.6 Å². The van der Waals surface area contributed by atoms with Crippen molar-refractivity contribution >= 4 is 5.91 Å². The van der Waals surface area contributed by atoms with E-state index in [0.29, 0.717) is 0 Å². The van der Waals surface area contributed by atoms with Gasteiger partial charge in [-0.25, -0.2) is 8.78 Å². The Labute approximate surface area is 116 Å². The minimum absolute atomic E-state index is 0.0312. The zero-order valence-electron chi connectivity index (χ0n) is 11.4. The predicted octanol–water partition coefficient (Wildman–Crippen LogP) is 2.37. The summed E-state index contributed by atoms with van der Waals surface area (Å²) in [5, 5.41) is 0. The summed E-state index contributed by atoms with van der Waals surface area (Å²) in [5.74, 6) is -1.74. The lowest BCUT2D eigenvalue weighted by molar-refractivity contribution is 0.0570. The van der Waals surface area contributed by atoms with Gasteiger partial charge in [0, 0.05) is 24.2 Å². The molecule has 3 nitrogen and oxygen atoms in total. The molecule has 2 atom stereocenters. The molecule has 5 heteroatoms. The molecule has 2 unspecified atom stereocenters. The van der Waals surface area contributed by atoms with Gasteiger partial charge in [0.2, 0.25) is 0 Å². The normalized spacial score (nSPS) is 28.8. The fourth-order valence-corrected chi connectivity index (χ4v) is 3.51. The van der Waals surface area contributed by atoms with Gasteiger partial charge in [0.15, 0.2) is 0 Å². The number of hydrogen-bond acceptors (Lipinski definition) is 2. The zero-order valence-corrected chi connectivity index (χ0v) is 11.4. The number of rotatable bonds is 1. The van der Waals surface area contributed by atoms with Crippen molar-refractivity contribution in [3.8, 4) is 0 Å². The van der Waals surface area contributed by atoms with Gasteiger partial charge < -0.3 is 10.6 Å². The molecule has 0 aliphatic carbocycles. The standard InChI is InChI=1S/C15H18F2N2O/c1-8-4-12(14(17)7-13(8)16)15(20)19-10-2-3-11(19)6-9(18)5-10/h4,7,9-11H,2-3,5-6,18H2,1H3. The lowest BCUT2D eigenvalue weighted by Gasteiger charge is -2.37. The Morgan fingerprint density at radius 3 is 2.40 bits per heavy atom. The molecule has 2 saturated heterocycles. The summed E-state index contributed by atoms with van der Waals surface area (Å²) < 4.78 is 27.2. The molecule has 0 radical (unpaired) electrons. The maximum Gasteiger partial charge on any atom is 0.257 e. The number of carbonyl (C=O) groups is 1. The second-order valence-corrected chi connectivity index (χ2v) is 5.91. The van der Waals surface area contributed by atoms with E-state index in [4.69, 9.17) is 5.73 Å². The van der Waals surface area contributed by atoms with E-state index in [-0.39, 0.29) is 35.2 Å². The van der Waals surface area contributed by atoms with Crippen molar-refractivity contribution in [2.75, 3.05) is 0 Å². The third kappa shape index (κ3) is 2.10. The van der Waals surface area contributed by atoms with E-state index in [1.54, 1.807) is 4.90 Å². The highest BCUT2D eigenvalue weighted by Gasteiger charge is 2.43. The van der Waals surface area contributed by atoms with Gasteiger partial charge in [0.05, 0.1) is 5.56 Å². The van der Waals surface area contributed by atoms with Gasteiger partial charge in [0.25, 0.3) is 5.91 Å². The van der Waals surface area contributed by atoms with Crippen LogP contribution in [0.4, 0.5) is 8.78 Å². The minimum atomic E-state index is -0.785. The van der Waals surface area contributed by atoms with Crippen molar-refractivity contribution in [2.45, 2.75) is 50.7 Å². The third-order valence-electron chi connectivity index (χ3n) is 4.48. The number of aryl methyl sites for hydroxylation is 1. The maximum absolute atomic E-state index is 13.9. The summed E-state index contributed by atoms with van der Waals surface area (Å²) in [4.78, 5) is 14.3. The van der Waals surface area contributed by atoms with Crippen molar-refractivity contribution in [1.82, 2.24) is 4.90 Å². The topological polar surface area (TPSA) is 46.3 Å². The molecule has 108 valence electrons. The number of halogens is 2. The average molecular weight is 280 g/mol. The quantitative estimate of drug-likeness (QED) is 0.858. The van der Waals surface area contributed by atoms with Crippen LogP contribution in [0.25, 0.3) is 0 Å². The second kappa shape index (κ2) is 4.81. The molecule has 20 heavy (non-hydrogen) atoms. The van der Waals surface area contributed by atoms with Gasteiger partial charge in [-0.15, -0.1) is 0 Å². The lowest BCUT2D eigenvalue weighted by atomic mass is 9.97. The molecule has 3 rings (SSSR count). The first-order valence-electron chi connectivity index (χ1n) is 7.01. The Hall–Kier alpha value is -1.49. The number of piperidine rings is 1. The van der Waals surface area contributed by atoms with Gasteiger partial charge in [-0.2, -0.15) is 0 Å². The molecule has 1 aromatic rings. The first-order valence-corrected chi connectivity index (χ1v) is 7.01. The van der Waals surface area contributed by atoms with Crippen LogP contribution >= 0.6 is 0 Å². The van der Waals surface area contributed by atoms with Crippen LogP contribution in [0, 0.1) is 18.6 Å². The molecule has 2 heterocycles. The van der Waals surface area contributed by atoms with Gasteiger partial charge in [-0.05, 0) is 44.2 Å². The second-order valence-electron chi connectivity index (χ2n) is 5.91. The van der Waals surface area contributed by atoms with Gasteiger partial charge in [-0.3, -0.25) is 4.79 Å². The first-order chi connectivity index (χ1) is 9.47. The van der Waals surface area contributed by atoms with Crippen molar-refractivity contribution < 1.29 is 13.6 Å². The first kappa shape index (κ1) is 13.5. The van der Waals surface area contributed by atoms with Crippen molar-refractivity contribution in [1.29, 1.82) is 0 Å². The number of nitrogens with two attached hydrogens (primary N) is 1. The predicted molar refractivity (Wildman–Crippen MR) is 71.3 cm³/mol. The summed E-state index contributed by atoms with van der Waals surface area (Å²) in [6.45, 7) is 1.53. The Bertz CT molecular complexity index is 547. The van der Waals surface area contributed by atoms with E-state index in [1.165, 1.54) is 13.0 Å². The highest BCUT2D eigenvalue weighted by molar-refractivity contribution is 5.95. The van der Waals surface area contributed by atoms with Crippen LogP contribution in [0.15, 0.2) is 12.1 Å². The average Bonchev–Trinajstić information content (AvgIpc) is 2.65. The summed E-state index contributed by atoms with van der Waals surface area (Å²) in [5.41, 5.74) is 6.23. The van der Waals surface area contributed by atoms with Gasteiger partial charge in [-0.1, -0.05) is 0 Å². The third-order valence-corrected chi connectivity index (χ3v) is 4.48. The van der Waals surface area contributed by atoms with Crippen LogP contribution < -0.4 is 5.73 Å². The summed E-state index contributed by atoms with van der Waals surface area (Å²) in [7, 11) is 0. The Morgan fingerprint density at radius 2 is 1.80 bits per heavy atom. The van der Waals surface area contributed by atoms with E-state index in [0.717, 1.165) is 31.7 Å². The number of amides is 1. The zero-order chi connectivity index (χ0) is 14.4. The molecule has 1 aromatic carbocycles. The fraction of sp³-hybridized carbons (Fsp3) is 0.533. The molecule has 2 aliphatic heterocycles. The van der Waals surface area contributed by atoms with Crippen LogP contribution in [0.2, 0.25) is 0 Å². The lowest BCUT2D eigenvalue weighted by Crippen LogP contribution is -2.50. The molecule has 2 bridgehead atoms. The number of nitrogens with zero attached hydrogens (tertiary/aromatic N) is 1. The molecular weight excluding hydrogens is 262 g/mol. The Balaban J connectivity index is 1.92. The van der Waals surface area contributed by atoms with E-state index in [1.807, 2.05) is 0 Å². The summed E-state index contributed by atoms with van der Waals surface area (Å²) >= 11 is 0. The molecule has 0 aromatic heterocycles. The summed E-state index contributed by atoms with van der Waals surface area (Å²) in [6, 6.07) is 2.42. The highest BCUT2D eigenvalue weighted by Crippen LogP contribution is 2.36. The van der Waals surface area contributed by atoms with Crippen LogP contribution in [-0.4, -0.2) is 28.9 Å². The molecule has 2 N–H and O–H groups in total. The Morgan fingerprint density at radius 1 is 1.20 bits per heavy atom.